The van der Waals surface area contributed by atoms with E-state index in [-0.39, 0.29) is 0 Å². The van der Waals surface area contributed by atoms with E-state index in [4.69, 9.17) is 5.73 Å². The van der Waals surface area contributed by atoms with Crippen molar-refractivity contribution in [3.8, 4) is 5.69 Å². The fourth-order valence-corrected chi connectivity index (χ4v) is 2.16. The van der Waals surface area contributed by atoms with Gasteiger partial charge in [0.25, 0.3) is 0 Å². The van der Waals surface area contributed by atoms with Crippen molar-refractivity contribution in [3.05, 3.63) is 36.0 Å². The average Bonchev–Trinajstić information content (AvgIpc) is 2.94. The van der Waals surface area contributed by atoms with Crippen molar-refractivity contribution in [3.63, 3.8) is 0 Å². The number of nitrogens with one attached hydrogen (secondary N) is 1. The van der Waals surface area contributed by atoms with Crippen LogP contribution in [-0.4, -0.2) is 20.0 Å². The number of H-pyrrole nitrogens is 1. The number of benzene rings is 1. The molecule has 0 amide bonds. The minimum atomic E-state index is 0.593. The standard InChI is InChI=1S/C13H15N5/c1-2-6-10-11-12(14)15-16-13(11)18(17-10)9-7-4-3-5-8-9/h3-5,7-8H,2,6H2,1H3,(H3,14,15,16). The molecular weight excluding hydrogens is 226 g/mol. The van der Waals surface area contributed by atoms with Crippen LogP contribution in [0.2, 0.25) is 0 Å². The Hall–Kier alpha value is -2.30. The Balaban J connectivity index is 2.24. The van der Waals surface area contributed by atoms with Crippen LogP contribution < -0.4 is 5.73 Å². The Morgan fingerprint density at radius 1 is 1.28 bits per heavy atom. The van der Waals surface area contributed by atoms with Gasteiger partial charge in [0.05, 0.1) is 16.8 Å². The van der Waals surface area contributed by atoms with E-state index in [1.165, 1.54) is 0 Å². The molecule has 2 aromatic heterocycles. The van der Waals surface area contributed by atoms with Crippen LogP contribution in [0.15, 0.2) is 30.3 Å². The second-order valence-electron chi connectivity index (χ2n) is 4.28. The molecule has 0 radical (unpaired) electrons. The molecule has 0 bridgehead atoms. The molecule has 0 unspecified atom stereocenters. The third kappa shape index (κ3) is 1.55. The molecule has 3 rings (SSSR count). The molecule has 0 aliphatic carbocycles. The van der Waals surface area contributed by atoms with Crippen LogP contribution in [0.1, 0.15) is 19.0 Å². The quantitative estimate of drug-likeness (QED) is 0.739. The van der Waals surface area contributed by atoms with Gasteiger partial charge in [-0.1, -0.05) is 31.5 Å². The zero-order valence-electron chi connectivity index (χ0n) is 10.2. The number of para-hydroxylation sites is 1. The van der Waals surface area contributed by atoms with E-state index in [1.807, 2.05) is 35.0 Å². The van der Waals surface area contributed by atoms with E-state index in [0.717, 1.165) is 35.3 Å². The fraction of sp³-hybridized carbons (Fsp3) is 0.231. The number of fused-ring (bicyclic) bond motifs is 1. The lowest BCUT2D eigenvalue weighted by molar-refractivity contribution is 0.810. The lowest BCUT2D eigenvalue weighted by Gasteiger charge is -2.00. The van der Waals surface area contributed by atoms with Crippen LogP contribution in [0, 0.1) is 0 Å². The van der Waals surface area contributed by atoms with Crippen LogP contribution in [-0.2, 0) is 6.42 Å². The molecule has 0 saturated carbocycles. The van der Waals surface area contributed by atoms with Crippen molar-refractivity contribution in [2.75, 3.05) is 5.73 Å². The fourth-order valence-electron chi connectivity index (χ4n) is 2.16. The molecule has 2 heterocycles. The molecule has 3 aromatic rings. The van der Waals surface area contributed by atoms with Gasteiger partial charge in [0.15, 0.2) is 5.65 Å². The molecule has 5 heteroatoms. The van der Waals surface area contributed by atoms with Gasteiger partial charge in [-0.25, -0.2) is 4.68 Å². The first-order chi connectivity index (χ1) is 8.81. The summed E-state index contributed by atoms with van der Waals surface area (Å²) in [6.45, 7) is 2.13. The van der Waals surface area contributed by atoms with Crippen LogP contribution >= 0.6 is 0 Å². The summed E-state index contributed by atoms with van der Waals surface area (Å²) in [5.41, 5.74) is 8.72. The molecule has 0 fully saturated rings. The minimum absolute atomic E-state index is 0.593. The number of aromatic nitrogens is 4. The van der Waals surface area contributed by atoms with Gasteiger partial charge in [-0.3, -0.25) is 5.10 Å². The number of nitrogens with two attached hydrogens (primary N) is 1. The highest BCUT2D eigenvalue weighted by Gasteiger charge is 2.16. The van der Waals surface area contributed by atoms with Crippen molar-refractivity contribution in [2.24, 2.45) is 0 Å². The summed E-state index contributed by atoms with van der Waals surface area (Å²) in [4.78, 5) is 0. The lowest BCUT2D eigenvalue weighted by Crippen LogP contribution is -1.98. The summed E-state index contributed by atoms with van der Waals surface area (Å²) in [7, 11) is 0. The topological polar surface area (TPSA) is 72.5 Å². The third-order valence-electron chi connectivity index (χ3n) is 2.97. The summed E-state index contributed by atoms with van der Waals surface area (Å²) >= 11 is 0. The summed E-state index contributed by atoms with van der Waals surface area (Å²) in [6.07, 6.45) is 1.94. The Morgan fingerprint density at radius 3 is 2.78 bits per heavy atom. The molecule has 1 aromatic carbocycles. The highest BCUT2D eigenvalue weighted by Crippen LogP contribution is 2.25. The predicted octanol–water partition coefficient (Wildman–Crippen LogP) is 2.28. The van der Waals surface area contributed by atoms with Gasteiger partial charge in [0, 0.05) is 0 Å². The van der Waals surface area contributed by atoms with E-state index < -0.39 is 0 Å². The number of aromatic amines is 1. The number of aryl methyl sites for hydroxylation is 1. The molecule has 5 nitrogen and oxygen atoms in total. The highest BCUT2D eigenvalue weighted by atomic mass is 15.4. The molecule has 18 heavy (non-hydrogen) atoms. The van der Waals surface area contributed by atoms with Crippen molar-refractivity contribution >= 4 is 16.9 Å². The summed E-state index contributed by atoms with van der Waals surface area (Å²) < 4.78 is 1.84. The molecule has 0 spiro atoms. The van der Waals surface area contributed by atoms with Gasteiger partial charge >= 0.3 is 0 Å². The first-order valence-electron chi connectivity index (χ1n) is 6.08. The molecule has 0 aliphatic rings. The molecule has 0 saturated heterocycles. The monoisotopic (exact) mass is 241 g/mol. The molecule has 3 N–H and O–H groups in total. The SMILES string of the molecule is CCCc1nn(-c2ccccc2)c2n[nH]c(N)c12. The number of anilines is 1. The van der Waals surface area contributed by atoms with Gasteiger partial charge in [0.1, 0.15) is 5.82 Å². The maximum Gasteiger partial charge on any atom is 0.186 e. The number of hydrogen-bond donors (Lipinski definition) is 2. The van der Waals surface area contributed by atoms with Crippen molar-refractivity contribution in [1.82, 2.24) is 20.0 Å². The molecule has 92 valence electrons. The average molecular weight is 241 g/mol. The van der Waals surface area contributed by atoms with E-state index in [0.29, 0.717) is 5.82 Å². The number of hydrogen-bond acceptors (Lipinski definition) is 3. The Kier molecular flexibility index (Phi) is 2.51. The lowest BCUT2D eigenvalue weighted by atomic mass is 10.2. The van der Waals surface area contributed by atoms with Crippen molar-refractivity contribution in [2.45, 2.75) is 19.8 Å². The second kappa shape index (κ2) is 4.18. The smallest absolute Gasteiger partial charge is 0.186 e. The van der Waals surface area contributed by atoms with Crippen molar-refractivity contribution < 1.29 is 0 Å². The Morgan fingerprint density at radius 2 is 2.06 bits per heavy atom. The van der Waals surface area contributed by atoms with Gasteiger partial charge in [0.2, 0.25) is 0 Å². The van der Waals surface area contributed by atoms with E-state index in [1.54, 1.807) is 0 Å². The summed E-state index contributed by atoms with van der Waals surface area (Å²) in [5, 5.41) is 12.6. The minimum Gasteiger partial charge on any atom is -0.383 e. The maximum absolute atomic E-state index is 5.93. The van der Waals surface area contributed by atoms with E-state index >= 15 is 0 Å². The van der Waals surface area contributed by atoms with E-state index in [2.05, 4.69) is 22.2 Å². The van der Waals surface area contributed by atoms with Gasteiger partial charge in [-0.15, -0.1) is 0 Å². The van der Waals surface area contributed by atoms with Crippen LogP contribution in [0.4, 0.5) is 5.82 Å². The summed E-state index contributed by atoms with van der Waals surface area (Å²) in [6, 6.07) is 9.97. The first-order valence-corrected chi connectivity index (χ1v) is 6.08. The van der Waals surface area contributed by atoms with E-state index in [9.17, 15) is 0 Å². The van der Waals surface area contributed by atoms with Gasteiger partial charge in [-0.05, 0) is 18.6 Å². The zero-order chi connectivity index (χ0) is 12.5. The second-order valence-corrected chi connectivity index (χ2v) is 4.28. The molecular formula is C13H15N5. The molecule has 0 atom stereocenters. The Labute approximate surface area is 105 Å². The zero-order valence-corrected chi connectivity index (χ0v) is 10.2. The highest BCUT2D eigenvalue weighted by molar-refractivity contribution is 5.89. The van der Waals surface area contributed by atoms with Crippen LogP contribution in [0.5, 0.6) is 0 Å². The van der Waals surface area contributed by atoms with Crippen LogP contribution in [0.3, 0.4) is 0 Å². The normalized spacial score (nSPS) is 11.2. The maximum atomic E-state index is 5.93. The molecule has 0 aliphatic heterocycles. The third-order valence-corrected chi connectivity index (χ3v) is 2.97. The summed E-state index contributed by atoms with van der Waals surface area (Å²) in [5.74, 6) is 0.593. The van der Waals surface area contributed by atoms with Gasteiger partial charge < -0.3 is 5.73 Å². The number of nitrogen functional groups attached to an aromatic ring is 1. The predicted molar refractivity (Wildman–Crippen MR) is 71.6 cm³/mol. The van der Waals surface area contributed by atoms with Crippen molar-refractivity contribution in [1.29, 1.82) is 0 Å². The Bertz CT molecular complexity index is 665. The largest absolute Gasteiger partial charge is 0.383 e. The number of nitrogens with zero attached hydrogens (tertiary/aromatic N) is 3. The van der Waals surface area contributed by atoms with Gasteiger partial charge in [-0.2, -0.15) is 10.2 Å². The van der Waals surface area contributed by atoms with Crippen LogP contribution in [0.25, 0.3) is 16.7 Å². The first kappa shape index (κ1) is 10.8. The number of rotatable bonds is 3.